The molecule has 0 heterocycles. The summed E-state index contributed by atoms with van der Waals surface area (Å²) in [4.78, 5) is 24.6. The lowest BCUT2D eigenvalue weighted by atomic mass is 9.97. The van der Waals surface area contributed by atoms with E-state index in [-0.39, 0.29) is 12.5 Å². The average Bonchev–Trinajstić information content (AvgIpc) is 2.75. The van der Waals surface area contributed by atoms with Crippen LogP contribution in [0.5, 0.6) is 0 Å². The van der Waals surface area contributed by atoms with Gasteiger partial charge < -0.3 is 15.4 Å². The zero-order valence-corrected chi connectivity index (χ0v) is 16.9. The number of aryl methyl sites for hydroxylation is 1. The van der Waals surface area contributed by atoms with Crippen molar-refractivity contribution in [3.63, 3.8) is 0 Å². The number of rotatable bonds is 8. The van der Waals surface area contributed by atoms with Gasteiger partial charge in [0.1, 0.15) is 0 Å². The first-order valence-electron chi connectivity index (χ1n) is 10.2. The number of hydrogen-bond acceptors (Lipinski definition) is 4. The number of benzene rings is 2. The second-order valence-corrected chi connectivity index (χ2v) is 7.27. The Labute approximate surface area is 172 Å². The van der Waals surface area contributed by atoms with E-state index in [1.807, 2.05) is 43.3 Å². The first-order valence-corrected chi connectivity index (χ1v) is 10.2. The normalized spacial score (nSPS) is 13.3. The third-order valence-corrected chi connectivity index (χ3v) is 5.05. The van der Waals surface area contributed by atoms with Crippen LogP contribution in [0.25, 0.3) is 0 Å². The van der Waals surface area contributed by atoms with Gasteiger partial charge in [0.25, 0.3) is 5.91 Å². The molecule has 0 unspecified atom stereocenters. The van der Waals surface area contributed by atoms with Gasteiger partial charge in [-0.05, 0) is 62.8 Å². The molecular weight excluding hydrogens is 364 g/mol. The lowest BCUT2D eigenvalue weighted by Gasteiger charge is -2.15. The van der Waals surface area contributed by atoms with Crippen LogP contribution in [-0.4, -0.2) is 25.0 Å². The van der Waals surface area contributed by atoms with E-state index in [1.165, 1.54) is 31.3 Å². The minimum absolute atomic E-state index is 0.325. The molecule has 152 valence electrons. The van der Waals surface area contributed by atoms with Crippen LogP contribution in [0.1, 0.15) is 48.0 Å². The van der Waals surface area contributed by atoms with Gasteiger partial charge in [0, 0.05) is 17.9 Å². The number of anilines is 2. The van der Waals surface area contributed by atoms with Gasteiger partial charge in [0.05, 0.1) is 5.56 Å². The summed E-state index contributed by atoms with van der Waals surface area (Å²) in [7, 11) is 0. The van der Waals surface area contributed by atoms with Crippen LogP contribution in [-0.2, 0) is 9.53 Å². The highest BCUT2D eigenvalue weighted by molar-refractivity contribution is 5.98. The number of carbonyl (C=O) groups is 2. The van der Waals surface area contributed by atoms with Crippen molar-refractivity contribution in [2.45, 2.75) is 39.0 Å². The smallest absolute Gasteiger partial charge is 0.340 e. The fraction of sp³-hybridized carbons (Fsp3) is 0.333. The third-order valence-electron chi connectivity index (χ3n) is 5.05. The van der Waals surface area contributed by atoms with E-state index in [2.05, 4.69) is 16.7 Å². The topological polar surface area (TPSA) is 67.4 Å². The third kappa shape index (κ3) is 6.21. The summed E-state index contributed by atoms with van der Waals surface area (Å²) in [6.45, 7) is 2.35. The van der Waals surface area contributed by atoms with Crippen LogP contribution in [0.3, 0.4) is 0 Å². The zero-order valence-electron chi connectivity index (χ0n) is 16.9. The minimum atomic E-state index is -0.509. The Morgan fingerprint density at radius 2 is 1.76 bits per heavy atom. The second-order valence-electron chi connectivity index (χ2n) is 7.27. The Bertz CT molecular complexity index is 889. The Morgan fingerprint density at radius 1 is 1.00 bits per heavy atom. The molecule has 0 bridgehead atoms. The fourth-order valence-electron chi connectivity index (χ4n) is 3.41. The maximum atomic E-state index is 12.5. The summed E-state index contributed by atoms with van der Waals surface area (Å²) in [6.07, 6.45) is 8.19. The number of para-hydroxylation sites is 2. The Morgan fingerprint density at radius 3 is 2.52 bits per heavy atom. The van der Waals surface area contributed by atoms with Crippen molar-refractivity contribution < 1.29 is 14.3 Å². The molecule has 0 radical (unpaired) electrons. The van der Waals surface area contributed by atoms with Crippen LogP contribution in [0.2, 0.25) is 0 Å². The Balaban J connectivity index is 1.51. The Hall–Kier alpha value is -3.08. The van der Waals surface area contributed by atoms with Crippen molar-refractivity contribution in [1.82, 2.24) is 0 Å². The molecule has 29 heavy (non-hydrogen) atoms. The van der Waals surface area contributed by atoms with Gasteiger partial charge in [0.15, 0.2) is 6.61 Å². The number of nitrogens with one attached hydrogen (secondary N) is 2. The van der Waals surface area contributed by atoms with Crippen molar-refractivity contribution in [1.29, 1.82) is 0 Å². The average molecular weight is 392 g/mol. The number of ether oxygens (including phenoxy) is 1. The Kier molecular flexibility index (Phi) is 7.45. The number of allylic oxidation sites excluding steroid dienone is 1. The van der Waals surface area contributed by atoms with Crippen molar-refractivity contribution in [3.05, 3.63) is 71.3 Å². The molecule has 0 spiro atoms. The van der Waals surface area contributed by atoms with Crippen molar-refractivity contribution >= 4 is 23.3 Å². The molecule has 0 aliphatic heterocycles. The number of carbonyl (C=O) groups excluding carboxylic acids is 2. The summed E-state index contributed by atoms with van der Waals surface area (Å²) in [6, 6.07) is 14.7. The largest absolute Gasteiger partial charge is 0.452 e. The molecule has 0 aromatic heterocycles. The minimum Gasteiger partial charge on any atom is -0.452 e. The predicted molar refractivity (Wildman–Crippen MR) is 116 cm³/mol. The lowest BCUT2D eigenvalue weighted by Crippen LogP contribution is -2.22. The van der Waals surface area contributed by atoms with Gasteiger partial charge in [0.2, 0.25) is 0 Å². The highest BCUT2D eigenvalue weighted by Crippen LogP contribution is 2.21. The maximum absolute atomic E-state index is 12.5. The van der Waals surface area contributed by atoms with Crippen LogP contribution in [0.15, 0.2) is 60.2 Å². The van der Waals surface area contributed by atoms with E-state index in [1.54, 1.807) is 12.1 Å². The first kappa shape index (κ1) is 20.6. The second kappa shape index (κ2) is 10.5. The SMILES string of the molecule is Cc1ccccc1NC(=O)COC(=O)c1ccccc1NCCC1=CCCCC1. The molecule has 3 rings (SSSR count). The van der Waals surface area contributed by atoms with Crippen LogP contribution < -0.4 is 10.6 Å². The summed E-state index contributed by atoms with van der Waals surface area (Å²) in [5.41, 5.74) is 4.32. The molecule has 2 N–H and O–H groups in total. The standard InChI is InChI=1S/C24H28N2O3/c1-18-9-5-7-13-21(18)26-23(27)17-29-24(28)20-12-6-8-14-22(20)25-16-15-19-10-3-2-4-11-19/h5-10,12-14,25H,2-4,11,15-17H2,1H3,(H,26,27). The van der Waals surface area contributed by atoms with E-state index >= 15 is 0 Å². The van der Waals surface area contributed by atoms with E-state index in [0.29, 0.717) is 11.3 Å². The zero-order chi connectivity index (χ0) is 20.5. The van der Waals surface area contributed by atoms with Crippen molar-refractivity contribution in [3.8, 4) is 0 Å². The van der Waals surface area contributed by atoms with Gasteiger partial charge in [-0.2, -0.15) is 0 Å². The molecule has 0 atom stereocenters. The molecule has 1 aliphatic rings. The molecule has 0 saturated heterocycles. The highest BCUT2D eigenvalue weighted by atomic mass is 16.5. The maximum Gasteiger partial charge on any atom is 0.340 e. The van der Waals surface area contributed by atoms with Crippen molar-refractivity contribution in [2.75, 3.05) is 23.8 Å². The van der Waals surface area contributed by atoms with E-state index < -0.39 is 5.97 Å². The van der Waals surface area contributed by atoms with Crippen LogP contribution >= 0.6 is 0 Å². The number of hydrogen-bond donors (Lipinski definition) is 2. The number of esters is 1. The molecule has 5 heteroatoms. The quantitative estimate of drug-likeness (QED) is 0.485. The summed E-state index contributed by atoms with van der Waals surface area (Å²) in [5.74, 6) is -0.868. The van der Waals surface area contributed by atoms with Gasteiger partial charge in [-0.1, -0.05) is 42.0 Å². The molecule has 2 aromatic carbocycles. The predicted octanol–water partition coefficient (Wildman–Crippen LogP) is 5.09. The highest BCUT2D eigenvalue weighted by Gasteiger charge is 2.15. The monoisotopic (exact) mass is 392 g/mol. The van der Waals surface area contributed by atoms with Crippen LogP contribution in [0.4, 0.5) is 11.4 Å². The molecule has 1 aliphatic carbocycles. The summed E-state index contributed by atoms with van der Waals surface area (Å²) in [5, 5.41) is 6.10. The lowest BCUT2D eigenvalue weighted by molar-refractivity contribution is -0.119. The molecule has 0 saturated carbocycles. The first-order chi connectivity index (χ1) is 14.1. The number of amides is 1. The fourth-order valence-corrected chi connectivity index (χ4v) is 3.41. The van der Waals surface area contributed by atoms with Crippen LogP contribution in [0, 0.1) is 6.92 Å². The van der Waals surface area contributed by atoms with E-state index in [9.17, 15) is 9.59 Å². The molecular formula is C24H28N2O3. The molecule has 2 aromatic rings. The molecule has 5 nitrogen and oxygen atoms in total. The van der Waals surface area contributed by atoms with Gasteiger partial charge in [-0.3, -0.25) is 4.79 Å². The van der Waals surface area contributed by atoms with Gasteiger partial charge in [-0.25, -0.2) is 4.79 Å². The molecule has 1 amide bonds. The molecule has 0 fully saturated rings. The summed E-state index contributed by atoms with van der Waals surface area (Å²) >= 11 is 0. The van der Waals surface area contributed by atoms with E-state index in [4.69, 9.17) is 4.74 Å². The van der Waals surface area contributed by atoms with Gasteiger partial charge in [-0.15, -0.1) is 0 Å². The van der Waals surface area contributed by atoms with E-state index in [0.717, 1.165) is 24.2 Å². The summed E-state index contributed by atoms with van der Waals surface area (Å²) < 4.78 is 5.24. The van der Waals surface area contributed by atoms with Gasteiger partial charge >= 0.3 is 5.97 Å². The van der Waals surface area contributed by atoms with Crippen molar-refractivity contribution in [2.24, 2.45) is 0 Å².